The molecule has 2 aliphatic rings. The molecule has 0 radical (unpaired) electrons. The molecule has 0 aliphatic carbocycles. The summed E-state index contributed by atoms with van der Waals surface area (Å²) >= 11 is 0. The van der Waals surface area contributed by atoms with Gasteiger partial charge < -0.3 is 9.32 Å². The minimum absolute atomic E-state index is 0.144. The molecule has 2 saturated heterocycles. The van der Waals surface area contributed by atoms with Crippen molar-refractivity contribution in [3.63, 3.8) is 0 Å². The van der Waals surface area contributed by atoms with Crippen LogP contribution in [0.5, 0.6) is 0 Å². The summed E-state index contributed by atoms with van der Waals surface area (Å²) in [6, 6.07) is 2.15. The standard InChI is InChI=1S/C24H35N3O4S/c1-5-26-13-9-10-19(26)15-25-32(29,30)23-17(3)16(2)14-20-18(4)21(31-22(20)23)24(28)27-11-7-6-8-12-27/h14,19,25H,5-13,15H2,1-4H3. The summed E-state index contributed by atoms with van der Waals surface area (Å²) in [6.45, 7) is 11.4. The third kappa shape index (κ3) is 4.20. The average Bonchev–Trinajstić information content (AvgIpc) is 3.37. The SMILES string of the molecule is CCN1CCCC1CNS(=O)(=O)c1c(C)c(C)cc2c(C)c(C(=O)N3CCCCC3)oc12. The number of fused-ring (bicyclic) bond motifs is 1. The lowest BCUT2D eigenvalue weighted by Gasteiger charge is -2.25. The third-order valence-corrected chi connectivity index (χ3v) is 8.79. The van der Waals surface area contributed by atoms with E-state index >= 15 is 0 Å². The van der Waals surface area contributed by atoms with Crippen molar-refractivity contribution in [2.75, 3.05) is 32.7 Å². The van der Waals surface area contributed by atoms with Gasteiger partial charge >= 0.3 is 0 Å². The number of carbonyl (C=O) groups is 1. The van der Waals surface area contributed by atoms with E-state index in [2.05, 4.69) is 16.5 Å². The van der Waals surface area contributed by atoms with Crippen LogP contribution in [0.15, 0.2) is 15.4 Å². The molecule has 2 aromatic rings. The lowest BCUT2D eigenvalue weighted by molar-refractivity contribution is 0.0693. The molecule has 176 valence electrons. The van der Waals surface area contributed by atoms with Gasteiger partial charge in [0, 0.05) is 36.6 Å². The summed E-state index contributed by atoms with van der Waals surface area (Å²) in [7, 11) is -3.81. The van der Waals surface area contributed by atoms with Crippen LogP contribution in [0.2, 0.25) is 0 Å². The van der Waals surface area contributed by atoms with Gasteiger partial charge in [-0.1, -0.05) is 6.92 Å². The van der Waals surface area contributed by atoms with Crippen LogP contribution in [0.4, 0.5) is 0 Å². The number of carbonyl (C=O) groups excluding carboxylic acids is 1. The van der Waals surface area contributed by atoms with Gasteiger partial charge in [-0.2, -0.15) is 0 Å². The van der Waals surface area contributed by atoms with E-state index in [1.165, 1.54) is 0 Å². The number of furan rings is 1. The number of likely N-dealkylation sites (N-methyl/N-ethyl adjacent to an activating group) is 1. The van der Waals surface area contributed by atoms with E-state index in [1.54, 1.807) is 6.92 Å². The van der Waals surface area contributed by atoms with Gasteiger partial charge in [0.05, 0.1) is 0 Å². The zero-order chi connectivity index (χ0) is 23.0. The Hall–Kier alpha value is -1.90. The van der Waals surface area contributed by atoms with Crippen LogP contribution in [0.25, 0.3) is 11.0 Å². The molecule has 1 atom stereocenters. The minimum atomic E-state index is -3.81. The molecule has 0 bridgehead atoms. The van der Waals surface area contributed by atoms with E-state index in [-0.39, 0.29) is 28.2 Å². The second-order valence-electron chi connectivity index (χ2n) is 9.21. The van der Waals surface area contributed by atoms with Gasteiger partial charge in [0.2, 0.25) is 10.0 Å². The van der Waals surface area contributed by atoms with Crippen LogP contribution >= 0.6 is 0 Å². The van der Waals surface area contributed by atoms with E-state index in [1.807, 2.05) is 24.8 Å². The lowest BCUT2D eigenvalue weighted by Crippen LogP contribution is -2.40. The predicted molar refractivity (Wildman–Crippen MR) is 126 cm³/mol. The van der Waals surface area contributed by atoms with Crippen molar-refractivity contribution in [2.45, 2.75) is 70.7 Å². The summed E-state index contributed by atoms with van der Waals surface area (Å²) < 4.78 is 35.9. The number of likely N-dealkylation sites (tertiary alicyclic amines) is 2. The quantitative estimate of drug-likeness (QED) is 0.708. The Labute approximate surface area is 191 Å². The van der Waals surface area contributed by atoms with Gasteiger partial charge in [0.15, 0.2) is 11.3 Å². The van der Waals surface area contributed by atoms with Crippen LogP contribution < -0.4 is 4.72 Å². The second-order valence-corrected chi connectivity index (χ2v) is 10.9. The maximum absolute atomic E-state index is 13.5. The van der Waals surface area contributed by atoms with Crippen LogP contribution in [0.1, 0.15) is 66.3 Å². The van der Waals surface area contributed by atoms with Gasteiger partial charge in [0.1, 0.15) is 4.90 Å². The minimum Gasteiger partial charge on any atom is -0.449 e. The van der Waals surface area contributed by atoms with Crippen molar-refractivity contribution in [1.29, 1.82) is 0 Å². The van der Waals surface area contributed by atoms with Crippen molar-refractivity contribution >= 4 is 26.9 Å². The molecule has 32 heavy (non-hydrogen) atoms. The first-order chi connectivity index (χ1) is 15.2. The van der Waals surface area contributed by atoms with E-state index in [0.29, 0.717) is 23.1 Å². The van der Waals surface area contributed by atoms with Crippen molar-refractivity contribution in [1.82, 2.24) is 14.5 Å². The molecular formula is C24H35N3O4S. The average molecular weight is 462 g/mol. The number of nitrogens with one attached hydrogen (secondary N) is 1. The highest BCUT2D eigenvalue weighted by atomic mass is 32.2. The molecule has 2 aliphatic heterocycles. The molecule has 3 heterocycles. The summed E-state index contributed by atoms with van der Waals surface area (Å²) in [5, 5.41) is 0.699. The van der Waals surface area contributed by atoms with E-state index in [0.717, 1.165) is 63.8 Å². The molecule has 8 heteroatoms. The molecular weight excluding hydrogens is 426 g/mol. The highest BCUT2D eigenvalue weighted by molar-refractivity contribution is 7.89. The smallest absolute Gasteiger partial charge is 0.289 e. The molecule has 7 nitrogen and oxygen atoms in total. The predicted octanol–water partition coefficient (Wildman–Crippen LogP) is 3.75. The molecule has 0 saturated carbocycles. The number of aryl methyl sites for hydroxylation is 2. The van der Waals surface area contributed by atoms with Gasteiger partial charge in [-0.25, -0.2) is 13.1 Å². The molecule has 2 fully saturated rings. The highest BCUT2D eigenvalue weighted by Crippen LogP contribution is 2.35. The summed E-state index contributed by atoms with van der Waals surface area (Å²) in [5.41, 5.74) is 2.53. The monoisotopic (exact) mass is 461 g/mol. The third-order valence-electron chi connectivity index (χ3n) is 7.21. The van der Waals surface area contributed by atoms with Crippen molar-refractivity contribution in [3.8, 4) is 0 Å². The molecule has 1 N–H and O–H groups in total. The summed E-state index contributed by atoms with van der Waals surface area (Å²) in [5.74, 6) is 0.117. The van der Waals surface area contributed by atoms with Gasteiger partial charge in [-0.3, -0.25) is 9.69 Å². The highest BCUT2D eigenvalue weighted by Gasteiger charge is 2.31. The van der Waals surface area contributed by atoms with Crippen molar-refractivity contribution in [2.24, 2.45) is 0 Å². The first kappa shape index (κ1) is 23.3. The van der Waals surface area contributed by atoms with E-state index < -0.39 is 10.0 Å². The van der Waals surface area contributed by atoms with E-state index in [9.17, 15) is 13.2 Å². The van der Waals surface area contributed by atoms with Gasteiger partial charge in [0.25, 0.3) is 5.91 Å². The van der Waals surface area contributed by atoms with Crippen molar-refractivity contribution in [3.05, 3.63) is 28.5 Å². The molecule has 1 aromatic heterocycles. The zero-order valence-electron chi connectivity index (χ0n) is 19.7. The summed E-state index contributed by atoms with van der Waals surface area (Å²) in [4.78, 5) is 17.4. The van der Waals surface area contributed by atoms with Crippen LogP contribution in [-0.4, -0.2) is 62.9 Å². The number of hydrogen-bond donors (Lipinski definition) is 1. The fourth-order valence-corrected chi connectivity index (χ4v) is 6.65. The number of sulfonamides is 1. The van der Waals surface area contributed by atoms with E-state index in [4.69, 9.17) is 4.42 Å². The largest absolute Gasteiger partial charge is 0.449 e. The topological polar surface area (TPSA) is 82.9 Å². The number of benzene rings is 1. The van der Waals surface area contributed by atoms with Gasteiger partial charge in [-0.15, -0.1) is 0 Å². The number of piperidine rings is 1. The molecule has 0 spiro atoms. The molecule has 1 unspecified atom stereocenters. The molecule has 4 rings (SSSR count). The maximum Gasteiger partial charge on any atom is 0.289 e. The van der Waals surface area contributed by atoms with Crippen LogP contribution in [0, 0.1) is 20.8 Å². The maximum atomic E-state index is 13.5. The number of rotatable bonds is 6. The van der Waals surface area contributed by atoms with Crippen molar-refractivity contribution < 1.29 is 17.6 Å². The number of amides is 1. The Morgan fingerprint density at radius 1 is 1.09 bits per heavy atom. The molecule has 1 amide bonds. The first-order valence-electron chi connectivity index (χ1n) is 11.8. The fraction of sp³-hybridized carbons (Fsp3) is 0.625. The first-order valence-corrected chi connectivity index (χ1v) is 13.3. The number of hydrogen-bond acceptors (Lipinski definition) is 5. The zero-order valence-corrected chi connectivity index (χ0v) is 20.5. The Morgan fingerprint density at radius 3 is 2.50 bits per heavy atom. The molecule has 1 aromatic carbocycles. The Morgan fingerprint density at radius 2 is 1.81 bits per heavy atom. The van der Waals surface area contributed by atoms with Crippen LogP contribution in [0.3, 0.4) is 0 Å². The Kier molecular flexibility index (Phi) is 6.66. The summed E-state index contributed by atoms with van der Waals surface area (Å²) in [6.07, 6.45) is 5.19. The second kappa shape index (κ2) is 9.15. The normalized spacial score (nSPS) is 20.4. The van der Waals surface area contributed by atoms with Crippen LogP contribution in [-0.2, 0) is 10.0 Å². The Bertz CT molecular complexity index is 1120. The Balaban J connectivity index is 1.71. The number of nitrogens with zero attached hydrogens (tertiary/aromatic N) is 2. The lowest BCUT2D eigenvalue weighted by atomic mass is 10.0. The fourth-order valence-electron chi connectivity index (χ4n) is 5.13. The van der Waals surface area contributed by atoms with Gasteiger partial charge in [-0.05, 0) is 83.2 Å².